The van der Waals surface area contributed by atoms with Crippen LogP contribution in [0.15, 0.2) is 59.3 Å². The van der Waals surface area contributed by atoms with Crippen LogP contribution < -0.4 is 10.5 Å². The van der Waals surface area contributed by atoms with Crippen LogP contribution in [0.1, 0.15) is 83.1 Å². The summed E-state index contributed by atoms with van der Waals surface area (Å²) in [6.45, 7) is 12.6. The van der Waals surface area contributed by atoms with Crippen LogP contribution in [-0.4, -0.2) is 45.6 Å². The van der Waals surface area contributed by atoms with E-state index in [2.05, 4.69) is 18.0 Å². The molecule has 1 aromatic heterocycles. The smallest absolute Gasteiger partial charge is 0.331 e. The van der Waals surface area contributed by atoms with E-state index in [4.69, 9.17) is 14.9 Å². The highest BCUT2D eigenvalue weighted by Crippen LogP contribution is 2.33. The van der Waals surface area contributed by atoms with E-state index in [0.717, 1.165) is 29.7 Å². The zero-order valence-corrected chi connectivity index (χ0v) is 24.1. The SMILES string of the molecule is CC(C)(C)N.CC=CC=CC(=O)N1CCc2ccc(OCCc3coc(/C(C)=C/CCC)n3)cc2C1C(=O)O. The molecule has 8 nitrogen and oxygen atoms in total. The molecular formula is C31H43N3O5. The number of aliphatic carboxylic acids is 1. The van der Waals surface area contributed by atoms with Crippen molar-refractivity contribution in [3.05, 3.63) is 77.6 Å². The summed E-state index contributed by atoms with van der Waals surface area (Å²) in [4.78, 5) is 30.6. The van der Waals surface area contributed by atoms with E-state index >= 15 is 0 Å². The van der Waals surface area contributed by atoms with E-state index in [9.17, 15) is 14.7 Å². The molecule has 8 heteroatoms. The van der Waals surface area contributed by atoms with Crippen LogP contribution in [0.2, 0.25) is 0 Å². The van der Waals surface area contributed by atoms with Crippen LogP contribution >= 0.6 is 0 Å². The molecule has 2 aromatic rings. The lowest BCUT2D eigenvalue weighted by atomic mass is 9.92. The van der Waals surface area contributed by atoms with Crippen molar-refractivity contribution in [2.75, 3.05) is 13.2 Å². The number of ether oxygens (including phenoxy) is 1. The Balaban J connectivity index is 0.000000976. The Kier molecular flexibility index (Phi) is 12.2. The number of carboxylic acids is 1. The minimum atomic E-state index is -1.06. The zero-order valence-electron chi connectivity index (χ0n) is 24.1. The topological polar surface area (TPSA) is 119 Å². The highest BCUT2D eigenvalue weighted by molar-refractivity contribution is 5.92. The molecule has 1 amide bonds. The molecule has 1 unspecified atom stereocenters. The summed E-state index contributed by atoms with van der Waals surface area (Å²) in [7, 11) is 0. The summed E-state index contributed by atoms with van der Waals surface area (Å²) in [6, 6.07) is 4.40. The number of amides is 1. The predicted octanol–water partition coefficient (Wildman–Crippen LogP) is 5.89. The largest absolute Gasteiger partial charge is 0.493 e. The van der Waals surface area contributed by atoms with Crippen LogP contribution in [0.3, 0.4) is 0 Å². The number of nitrogens with zero attached hydrogens (tertiary/aromatic N) is 2. The molecule has 0 saturated heterocycles. The monoisotopic (exact) mass is 537 g/mol. The second-order valence-corrected chi connectivity index (χ2v) is 10.6. The van der Waals surface area contributed by atoms with E-state index in [1.165, 1.54) is 11.0 Å². The Morgan fingerprint density at radius 3 is 2.64 bits per heavy atom. The molecule has 0 saturated carbocycles. The van der Waals surface area contributed by atoms with Crippen LogP contribution in [0.5, 0.6) is 5.75 Å². The van der Waals surface area contributed by atoms with Gasteiger partial charge >= 0.3 is 5.97 Å². The molecule has 0 bridgehead atoms. The van der Waals surface area contributed by atoms with Crippen LogP contribution in [0.25, 0.3) is 5.57 Å². The van der Waals surface area contributed by atoms with Gasteiger partial charge in [-0.05, 0) is 70.7 Å². The maximum atomic E-state index is 12.6. The second-order valence-electron chi connectivity index (χ2n) is 10.6. The van der Waals surface area contributed by atoms with E-state index in [1.54, 1.807) is 30.6 Å². The molecule has 39 heavy (non-hydrogen) atoms. The van der Waals surface area contributed by atoms with E-state index < -0.39 is 12.0 Å². The lowest BCUT2D eigenvalue weighted by Crippen LogP contribution is -2.42. The predicted molar refractivity (Wildman–Crippen MR) is 154 cm³/mol. The third-order valence-electron chi connectivity index (χ3n) is 5.66. The fourth-order valence-corrected chi connectivity index (χ4v) is 3.86. The molecule has 1 atom stereocenters. The normalized spacial score (nSPS) is 15.7. The molecule has 0 fully saturated rings. The van der Waals surface area contributed by atoms with Crippen LogP contribution in [-0.2, 0) is 22.4 Å². The standard InChI is InChI=1S/C27H32N2O5.C4H11N/c1-4-6-8-10-24(30)29-15-13-20-11-12-22(17-23(20)25(29)27(31)32)33-16-14-21-18-34-26(28-21)19(3)9-7-5-2;1-4(2,3)5/h4,6,8-12,17-18,25H,5,7,13-16H2,1-3H3,(H,31,32);5H2,1-3H3/b6-4?,10-8?,19-9+;. The van der Waals surface area contributed by atoms with Gasteiger partial charge < -0.3 is 24.9 Å². The number of unbranched alkanes of at least 4 members (excludes halogenated alkanes) is 1. The molecule has 1 aromatic carbocycles. The molecule has 1 aliphatic rings. The van der Waals surface area contributed by atoms with E-state index in [-0.39, 0.29) is 11.4 Å². The number of nitrogens with two attached hydrogens (primary N) is 1. The minimum Gasteiger partial charge on any atom is -0.493 e. The number of carbonyl (C=O) groups is 2. The van der Waals surface area contributed by atoms with Gasteiger partial charge in [0.15, 0.2) is 6.04 Å². The quantitative estimate of drug-likeness (QED) is 0.287. The van der Waals surface area contributed by atoms with Gasteiger partial charge in [-0.1, -0.05) is 43.7 Å². The molecular weight excluding hydrogens is 494 g/mol. The van der Waals surface area contributed by atoms with Gasteiger partial charge in [0.1, 0.15) is 12.0 Å². The Bertz CT molecular complexity index is 1180. The van der Waals surface area contributed by atoms with Crippen molar-refractivity contribution in [3.63, 3.8) is 0 Å². The number of allylic oxidation sites excluding steroid dienone is 5. The molecule has 0 spiro atoms. The van der Waals surface area contributed by atoms with E-state index in [0.29, 0.717) is 43.2 Å². The number of benzene rings is 1. The van der Waals surface area contributed by atoms with Gasteiger partial charge in [-0.15, -0.1) is 0 Å². The Morgan fingerprint density at radius 2 is 2.00 bits per heavy atom. The number of aromatic nitrogens is 1. The second kappa shape index (κ2) is 15.1. The maximum Gasteiger partial charge on any atom is 0.331 e. The summed E-state index contributed by atoms with van der Waals surface area (Å²) in [5.74, 6) is -0.207. The number of oxazole rings is 1. The minimum absolute atomic E-state index is 0. The third kappa shape index (κ3) is 10.6. The summed E-state index contributed by atoms with van der Waals surface area (Å²) < 4.78 is 11.5. The fourth-order valence-electron chi connectivity index (χ4n) is 3.86. The van der Waals surface area contributed by atoms with Gasteiger partial charge in [0.25, 0.3) is 0 Å². The third-order valence-corrected chi connectivity index (χ3v) is 5.66. The summed E-state index contributed by atoms with van der Waals surface area (Å²) in [5, 5.41) is 9.90. The first-order chi connectivity index (χ1) is 18.4. The van der Waals surface area contributed by atoms with Crippen molar-refractivity contribution in [2.45, 2.75) is 78.8 Å². The van der Waals surface area contributed by atoms with Crippen molar-refractivity contribution >= 4 is 17.4 Å². The Morgan fingerprint density at radius 1 is 1.28 bits per heavy atom. The first-order valence-corrected chi connectivity index (χ1v) is 13.4. The first-order valence-electron chi connectivity index (χ1n) is 13.4. The number of rotatable bonds is 10. The van der Waals surface area contributed by atoms with Crippen molar-refractivity contribution in [2.24, 2.45) is 5.73 Å². The number of fused-ring (bicyclic) bond motifs is 1. The van der Waals surface area contributed by atoms with Gasteiger partial charge in [-0.2, -0.15) is 0 Å². The molecule has 3 rings (SSSR count). The number of carboxylic acid groups (broad SMARTS) is 1. The molecule has 212 valence electrons. The molecule has 1 aliphatic heterocycles. The maximum absolute atomic E-state index is 12.6. The number of hydrogen-bond acceptors (Lipinski definition) is 6. The van der Waals surface area contributed by atoms with Gasteiger partial charge in [0.05, 0.1) is 12.3 Å². The Hall–Kier alpha value is -3.65. The lowest BCUT2D eigenvalue weighted by Gasteiger charge is -2.34. The highest BCUT2D eigenvalue weighted by Gasteiger charge is 2.35. The molecule has 3 N–H and O–H groups in total. The lowest BCUT2D eigenvalue weighted by molar-refractivity contribution is -0.149. The summed E-state index contributed by atoms with van der Waals surface area (Å²) in [6.07, 6.45) is 13.5. The number of carbonyl (C=O) groups excluding carboxylic acids is 1. The fraction of sp³-hybridized carbons (Fsp3) is 0.452. The van der Waals surface area contributed by atoms with Crippen molar-refractivity contribution < 1.29 is 23.8 Å². The highest BCUT2D eigenvalue weighted by atomic mass is 16.5. The summed E-state index contributed by atoms with van der Waals surface area (Å²) in [5.41, 5.74) is 8.67. The summed E-state index contributed by atoms with van der Waals surface area (Å²) >= 11 is 0. The van der Waals surface area contributed by atoms with Crippen molar-refractivity contribution in [3.8, 4) is 5.75 Å². The van der Waals surface area contributed by atoms with Gasteiger partial charge in [0.2, 0.25) is 11.8 Å². The van der Waals surface area contributed by atoms with E-state index in [1.807, 2.05) is 46.8 Å². The zero-order chi connectivity index (χ0) is 29.0. The molecule has 0 radical (unpaired) electrons. The first kappa shape index (κ1) is 31.6. The average Bonchev–Trinajstić information content (AvgIpc) is 3.34. The molecule has 0 aliphatic carbocycles. The molecule has 2 heterocycles. The van der Waals surface area contributed by atoms with Gasteiger partial charge in [-0.3, -0.25) is 4.79 Å². The van der Waals surface area contributed by atoms with Gasteiger partial charge in [-0.25, -0.2) is 9.78 Å². The Labute approximate surface area is 232 Å². The average molecular weight is 538 g/mol. The van der Waals surface area contributed by atoms with Crippen LogP contribution in [0.4, 0.5) is 0 Å². The number of hydrogen-bond donors (Lipinski definition) is 2. The van der Waals surface area contributed by atoms with Crippen molar-refractivity contribution in [1.29, 1.82) is 0 Å². The van der Waals surface area contributed by atoms with Gasteiger partial charge in [0, 0.05) is 30.2 Å². The van der Waals surface area contributed by atoms with Crippen LogP contribution in [0, 0.1) is 0 Å². The van der Waals surface area contributed by atoms with Crippen molar-refractivity contribution in [1.82, 2.24) is 9.88 Å².